The molecule has 196 valence electrons. The minimum absolute atomic E-state index is 0.00692. The summed E-state index contributed by atoms with van der Waals surface area (Å²) in [5.41, 5.74) is 16.7. The summed E-state index contributed by atoms with van der Waals surface area (Å²) < 4.78 is 0. The van der Waals surface area contributed by atoms with Crippen molar-refractivity contribution < 1.29 is 9.59 Å². The first-order valence-electron chi connectivity index (χ1n) is 13.0. The van der Waals surface area contributed by atoms with Crippen LogP contribution < -0.4 is 27.5 Å². The van der Waals surface area contributed by atoms with E-state index in [0.29, 0.717) is 18.9 Å². The molecule has 1 aromatic heterocycles. The molecule has 3 aliphatic rings. The Bertz CT molecular complexity index is 1230. The number of carbonyl (C=O) groups is 2. The number of amides is 2. The molecule has 2 aliphatic heterocycles. The second-order valence-corrected chi connectivity index (χ2v) is 10.3. The van der Waals surface area contributed by atoms with Crippen LogP contribution in [-0.2, 0) is 22.6 Å². The van der Waals surface area contributed by atoms with Gasteiger partial charge in [-0.25, -0.2) is 10.8 Å². The quantitative estimate of drug-likeness (QED) is 0.263. The van der Waals surface area contributed by atoms with E-state index in [-0.39, 0.29) is 29.6 Å². The SMILES string of the molecule is Cc1cc(CN(N)/C=C(\N)C(=O)NC2CCc3nc(N)ccc32)ccc1N1CCN2CCCCC2C1=O. The second-order valence-electron chi connectivity index (χ2n) is 10.3. The van der Waals surface area contributed by atoms with Gasteiger partial charge < -0.3 is 26.7 Å². The Morgan fingerprint density at radius 1 is 1.19 bits per heavy atom. The summed E-state index contributed by atoms with van der Waals surface area (Å²) in [6.07, 6.45) is 6.18. The van der Waals surface area contributed by atoms with Crippen molar-refractivity contribution in [3.63, 3.8) is 0 Å². The van der Waals surface area contributed by atoms with Crippen LogP contribution in [0.4, 0.5) is 11.5 Å². The first-order valence-corrected chi connectivity index (χ1v) is 13.0. The highest BCUT2D eigenvalue weighted by molar-refractivity contribution is 5.98. The predicted octanol–water partition coefficient (Wildman–Crippen LogP) is 1.45. The van der Waals surface area contributed by atoms with E-state index in [1.807, 2.05) is 36.1 Å². The van der Waals surface area contributed by atoms with Gasteiger partial charge in [0.05, 0.1) is 18.6 Å². The summed E-state index contributed by atoms with van der Waals surface area (Å²) in [5.74, 6) is 6.48. The molecule has 2 saturated heterocycles. The minimum atomic E-state index is -0.378. The van der Waals surface area contributed by atoms with E-state index in [1.54, 1.807) is 6.07 Å². The average molecular weight is 505 g/mol. The summed E-state index contributed by atoms with van der Waals surface area (Å²) >= 11 is 0. The van der Waals surface area contributed by atoms with E-state index in [0.717, 1.165) is 66.8 Å². The second kappa shape index (κ2) is 10.4. The van der Waals surface area contributed by atoms with Crippen molar-refractivity contribution in [1.82, 2.24) is 20.2 Å². The number of aryl methyl sites for hydroxylation is 2. The minimum Gasteiger partial charge on any atom is -0.393 e. The maximum absolute atomic E-state index is 13.2. The molecule has 2 aromatic rings. The van der Waals surface area contributed by atoms with E-state index in [9.17, 15) is 9.59 Å². The third kappa shape index (κ3) is 5.26. The number of nitrogens with one attached hydrogen (secondary N) is 1. The Hall–Kier alpha value is -3.63. The van der Waals surface area contributed by atoms with Crippen molar-refractivity contribution in [2.24, 2.45) is 11.6 Å². The molecule has 2 amide bonds. The fourth-order valence-corrected chi connectivity index (χ4v) is 5.78. The molecule has 7 N–H and O–H groups in total. The summed E-state index contributed by atoms with van der Waals surface area (Å²) in [6.45, 7) is 5.03. The first kappa shape index (κ1) is 25.0. The van der Waals surface area contributed by atoms with Crippen LogP contribution in [-0.4, -0.2) is 52.4 Å². The van der Waals surface area contributed by atoms with Crippen LogP contribution in [0.3, 0.4) is 0 Å². The lowest BCUT2D eigenvalue weighted by Gasteiger charge is -2.43. The van der Waals surface area contributed by atoms with Crippen molar-refractivity contribution in [2.75, 3.05) is 30.3 Å². The Morgan fingerprint density at radius 3 is 2.84 bits per heavy atom. The zero-order valence-corrected chi connectivity index (χ0v) is 21.3. The number of nitrogens with zero attached hydrogens (tertiary/aromatic N) is 4. The largest absolute Gasteiger partial charge is 0.393 e. The van der Waals surface area contributed by atoms with Gasteiger partial charge in [-0.3, -0.25) is 14.5 Å². The van der Waals surface area contributed by atoms with E-state index >= 15 is 0 Å². The highest BCUT2D eigenvalue weighted by atomic mass is 16.2. The van der Waals surface area contributed by atoms with Crippen LogP contribution >= 0.6 is 0 Å². The van der Waals surface area contributed by atoms with Crippen molar-refractivity contribution in [1.29, 1.82) is 0 Å². The Morgan fingerprint density at radius 2 is 2.03 bits per heavy atom. The van der Waals surface area contributed by atoms with Gasteiger partial charge in [-0.1, -0.05) is 24.6 Å². The summed E-state index contributed by atoms with van der Waals surface area (Å²) in [7, 11) is 0. The van der Waals surface area contributed by atoms with E-state index < -0.39 is 0 Å². The predicted molar refractivity (Wildman–Crippen MR) is 143 cm³/mol. The van der Waals surface area contributed by atoms with Crippen molar-refractivity contribution >= 4 is 23.3 Å². The monoisotopic (exact) mass is 504 g/mol. The van der Waals surface area contributed by atoms with Crippen LogP contribution in [0.15, 0.2) is 42.2 Å². The lowest BCUT2D eigenvalue weighted by Crippen LogP contribution is -2.58. The summed E-state index contributed by atoms with van der Waals surface area (Å²) in [6, 6.07) is 9.50. The molecule has 3 heterocycles. The Kier molecular flexibility index (Phi) is 7.03. The number of anilines is 2. The number of piperidine rings is 1. The molecule has 1 aliphatic carbocycles. The molecule has 0 saturated carbocycles. The number of fused-ring (bicyclic) bond motifs is 2. The number of hydrogen-bond donors (Lipinski definition) is 4. The normalized spacial score (nSPS) is 21.9. The number of piperazine rings is 1. The van der Waals surface area contributed by atoms with E-state index in [4.69, 9.17) is 17.3 Å². The van der Waals surface area contributed by atoms with Crippen molar-refractivity contribution in [2.45, 2.75) is 57.7 Å². The number of benzene rings is 1. The van der Waals surface area contributed by atoms with Gasteiger partial charge in [0.2, 0.25) is 5.91 Å². The van der Waals surface area contributed by atoms with Crippen molar-refractivity contribution in [3.05, 3.63) is 64.6 Å². The van der Waals surface area contributed by atoms with Gasteiger partial charge in [0, 0.05) is 30.7 Å². The highest BCUT2D eigenvalue weighted by Crippen LogP contribution is 2.31. The van der Waals surface area contributed by atoms with Crippen LogP contribution in [0, 0.1) is 6.92 Å². The number of carbonyl (C=O) groups excluding carboxylic acids is 2. The first-order chi connectivity index (χ1) is 17.8. The Labute approximate surface area is 217 Å². The van der Waals surface area contributed by atoms with Gasteiger partial charge in [0.1, 0.15) is 11.5 Å². The average Bonchev–Trinajstić information content (AvgIpc) is 3.26. The number of nitrogen functional groups attached to an aromatic ring is 1. The number of aromatic nitrogens is 1. The van der Waals surface area contributed by atoms with E-state index in [1.165, 1.54) is 17.6 Å². The Balaban J connectivity index is 1.20. The van der Waals surface area contributed by atoms with Crippen LogP contribution in [0.2, 0.25) is 0 Å². The number of nitrogens with two attached hydrogens (primary N) is 3. The molecule has 37 heavy (non-hydrogen) atoms. The van der Waals surface area contributed by atoms with Gasteiger partial charge in [-0.2, -0.15) is 0 Å². The fraction of sp³-hybridized carbons (Fsp3) is 0.444. The molecule has 0 spiro atoms. The topological polar surface area (TPSA) is 147 Å². The maximum atomic E-state index is 13.2. The van der Waals surface area contributed by atoms with Crippen LogP contribution in [0.5, 0.6) is 0 Å². The summed E-state index contributed by atoms with van der Waals surface area (Å²) in [4.78, 5) is 34.4. The maximum Gasteiger partial charge on any atom is 0.269 e. The van der Waals surface area contributed by atoms with Gasteiger partial charge in [0.15, 0.2) is 0 Å². The smallest absolute Gasteiger partial charge is 0.269 e. The van der Waals surface area contributed by atoms with E-state index in [2.05, 4.69) is 15.2 Å². The fourth-order valence-electron chi connectivity index (χ4n) is 5.78. The summed E-state index contributed by atoms with van der Waals surface area (Å²) in [5, 5.41) is 4.37. The van der Waals surface area contributed by atoms with Crippen LogP contribution in [0.1, 0.15) is 54.1 Å². The van der Waals surface area contributed by atoms with Crippen molar-refractivity contribution in [3.8, 4) is 0 Å². The molecule has 10 heteroatoms. The molecular weight excluding hydrogens is 468 g/mol. The molecule has 0 bridgehead atoms. The molecule has 10 nitrogen and oxygen atoms in total. The van der Waals surface area contributed by atoms with Gasteiger partial charge >= 0.3 is 0 Å². The highest BCUT2D eigenvalue weighted by Gasteiger charge is 2.37. The molecular formula is C27H36N8O2. The number of rotatable bonds is 6. The van der Waals surface area contributed by atoms with Gasteiger partial charge in [0.25, 0.3) is 5.91 Å². The number of pyridine rings is 1. The lowest BCUT2D eigenvalue weighted by molar-refractivity contribution is -0.127. The lowest BCUT2D eigenvalue weighted by atomic mass is 9.97. The van der Waals surface area contributed by atoms with Crippen LogP contribution in [0.25, 0.3) is 0 Å². The zero-order chi connectivity index (χ0) is 26.1. The molecule has 2 unspecified atom stereocenters. The molecule has 2 fully saturated rings. The third-order valence-corrected chi connectivity index (χ3v) is 7.64. The molecule has 0 radical (unpaired) electrons. The number of hydrogen-bond acceptors (Lipinski definition) is 8. The van der Waals surface area contributed by atoms with Gasteiger partial charge in [-0.05, 0) is 68.0 Å². The number of hydrazine groups is 1. The molecule has 1 aromatic carbocycles. The third-order valence-electron chi connectivity index (χ3n) is 7.64. The molecule has 5 rings (SSSR count). The zero-order valence-electron chi connectivity index (χ0n) is 21.3. The standard InChI is InChI=1S/C27H36N8O2/c1-17-14-18(5-9-23(17)35-13-12-33-11-3-2-4-24(33)27(35)37)15-34(30)16-20(28)26(36)32-22-8-7-21-19(22)6-10-25(29)31-21/h5-6,9-10,14,16,22,24H,2-4,7-8,11-13,15,28,30H2,1H3,(H2,29,31)(H,32,36)/b20-16-. The molecule has 2 atom stereocenters. The van der Waals surface area contributed by atoms with Gasteiger partial charge in [-0.15, -0.1) is 0 Å².